The van der Waals surface area contributed by atoms with Crippen molar-refractivity contribution < 1.29 is 246 Å². The van der Waals surface area contributed by atoms with Gasteiger partial charge in [0, 0.05) is 181 Å². The second kappa shape index (κ2) is 63.0. The number of rotatable bonds is 0. The average Bonchev–Trinajstić information content (AvgIpc) is 0.834. The molecule has 0 aliphatic heterocycles. The van der Waals surface area contributed by atoms with Crippen molar-refractivity contribution in [3.8, 4) is 0 Å². The Labute approximate surface area is 848 Å². The average molecular weight is 2070 g/mol. The number of allylic oxidation sites excluding steroid dienone is 8. The van der Waals surface area contributed by atoms with Crippen molar-refractivity contribution in [2.45, 2.75) is 100 Å². The van der Waals surface area contributed by atoms with Crippen molar-refractivity contribution in [3.05, 3.63) is 328 Å². The zero-order valence-electron chi connectivity index (χ0n) is 64.4. The molecule has 8 aliphatic carbocycles. The molecule has 0 radical (unpaired) electrons. The number of carbonyl (C=O) groups is 8. The molecule has 8 aromatic rings. The van der Waals surface area contributed by atoms with Gasteiger partial charge in [-0.25, -0.2) is 0 Å². The summed E-state index contributed by atoms with van der Waals surface area (Å²) in [6, 6.07) is 46.7. The summed E-state index contributed by atoms with van der Waals surface area (Å²) < 4.78 is 0. The number of hydrogen-bond acceptors (Lipinski definition) is 24. The Morgan fingerprint density at radius 3 is 0.425 bits per heavy atom. The maximum atomic E-state index is 11.3. The molecule has 33 heteroatoms. The molecule has 674 valence electrons. The molecule has 8 N–H and O–H groups in total. The quantitative estimate of drug-likeness (QED) is 0.0397. The minimum Gasteiger partial charge on any atom is -0.410 e. The van der Waals surface area contributed by atoms with E-state index in [1.165, 1.54) is 48.6 Å². The van der Waals surface area contributed by atoms with Crippen molar-refractivity contribution in [2.24, 2.45) is 41.2 Å². The van der Waals surface area contributed by atoms with E-state index in [1.807, 2.05) is 146 Å². The Morgan fingerprint density at radius 2 is 0.291 bits per heavy atom. The van der Waals surface area contributed by atoms with E-state index in [0.717, 1.165) is 83.5 Å². The van der Waals surface area contributed by atoms with E-state index in [1.54, 1.807) is 103 Å². The third kappa shape index (κ3) is 33.5. The summed E-state index contributed by atoms with van der Waals surface area (Å²) in [7, 11) is 0. The maximum Gasteiger partial charge on any atom is 1.00 e. The molecule has 8 aliphatic rings. The Bertz CT molecular complexity index is 4900. The molecule has 0 aromatic heterocycles. The van der Waals surface area contributed by atoms with Gasteiger partial charge in [-0.1, -0.05) is 332 Å². The van der Waals surface area contributed by atoms with Crippen LogP contribution in [0, 0.1) is 48.5 Å². The van der Waals surface area contributed by atoms with Crippen molar-refractivity contribution in [3.63, 3.8) is 0 Å². The molecule has 0 atom stereocenters. The van der Waals surface area contributed by atoms with Crippen LogP contribution in [0.3, 0.4) is 0 Å². The molecule has 127 heavy (non-hydrogen) atoms. The van der Waals surface area contributed by atoms with Gasteiger partial charge in [-0.3, -0.25) is 38.4 Å². The molecular weight excluding hydrogens is 1970 g/mol. The molecule has 0 heterocycles. The standard InChI is InChI=1S/7C11H9NO2.C10H7NO2.7CH4.8Fe.Na/c7*1-7-2-4-9-8(6-7)3-5-10(13)11(9)12-14;12-9-6-5-7-3-1-2-4-8(7)10(9)11-13;;;;;;;;;;;;;;;;/h7*2-6,14H,1H3;1-6,13H;7*1H4;;;;;;;;;/q;;;;;;;;;;;;;;;;;;;;;;;+1. The first-order chi connectivity index (χ1) is 53.4. The van der Waals surface area contributed by atoms with Gasteiger partial charge in [0.15, 0.2) is 45.7 Å². The number of fused-ring (bicyclic) bond motifs is 8. The molecule has 8 aromatic carbocycles. The normalized spacial score (nSPS) is 15.1. The minimum absolute atomic E-state index is 0. The molecule has 0 amide bonds. The zero-order chi connectivity index (χ0) is 80.2. The molecule has 24 nitrogen and oxygen atoms in total. The van der Waals surface area contributed by atoms with Gasteiger partial charge in [0.2, 0.25) is 46.3 Å². The first kappa shape index (κ1) is 132. The summed E-state index contributed by atoms with van der Waals surface area (Å²) in [5.41, 5.74) is 21.5. The van der Waals surface area contributed by atoms with E-state index in [0.29, 0.717) is 44.5 Å². The number of carbonyl (C=O) groups excluding carboxylic acids is 8. The fourth-order valence-electron chi connectivity index (χ4n) is 12.0. The van der Waals surface area contributed by atoms with Gasteiger partial charge >= 0.3 is 29.6 Å². The monoisotopic (exact) mass is 2070 g/mol. The second-order valence-electron chi connectivity index (χ2n) is 25.4. The molecule has 0 spiro atoms. The van der Waals surface area contributed by atoms with Crippen molar-refractivity contribution >= 4 is 141 Å². The molecule has 0 fully saturated rings. The van der Waals surface area contributed by atoms with Crippen LogP contribution in [0.4, 0.5) is 0 Å². The van der Waals surface area contributed by atoms with E-state index < -0.39 is 0 Å². The van der Waals surface area contributed by atoms with Gasteiger partial charge in [0.05, 0.1) is 0 Å². The molecule has 0 bridgehead atoms. The van der Waals surface area contributed by atoms with Crippen LogP contribution in [-0.2, 0) is 175 Å². The van der Waals surface area contributed by atoms with Gasteiger partial charge in [0.1, 0.15) is 0 Å². The van der Waals surface area contributed by atoms with Crippen molar-refractivity contribution in [1.29, 1.82) is 0 Å². The summed E-state index contributed by atoms with van der Waals surface area (Å²) in [5.74, 6) is -2.09. The van der Waals surface area contributed by atoms with Gasteiger partial charge in [-0.2, -0.15) is 0 Å². The van der Waals surface area contributed by atoms with E-state index in [4.69, 9.17) is 41.7 Å². The van der Waals surface area contributed by atoms with Crippen LogP contribution in [-0.4, -0.2) is 134 Å². The fourth-order valence-corrected chi connectivity index (χ4v) is 12.0. The van der Waals surface area contributed by atoms with E-state index in [9.17, 15) is 38.4 Å². The summed E-state index contributed by atoms with van der Waals surface area (Å²) in [5, 5.41) is 93.7. The predicted molar refractivity (Wildman–Crippen MR) is 471 cm³/mol. The Morgan fingerprint density at radius 1 is 0.173 bits per heavy atom. The summed E-state index contributed by atoms with van der Waals surface area (Å²) in [6.45, 7) is 13.8. The van der Waals surface area contributed by atoms with Crippen LogP contribution in [0.1, 0.15) is 180 Å². The Hall–Kier alpha value is -10.0. The Balaban J connectivity index is -0.000000209. The topological polar surface area (TPSA) is 397 Å². The van der Waals surface area contributed by atoms with Crippen LogP contribution in [0.25, 0.3) is 48.6 Å². The molecule has 0 unspecified atom stereocenters. The predicted octanol–water partition coefficient (Wildman–Crippen LogP) is 15.3. The number of ketones is 8. The second-order valence-corrected chi connectivity index (χ2v) is 25.4. The largest absolute Gasteiger partial charge is 1.00 e. The van der Waals surface area contributed by atoms with Gasteiger partial charge in [-0.15, -0.1) is 0 Å². The summed E-state index contributed by atoms with van der Waals surface area (Å²) in [4.78, 5) is 90.3. The van der Waals surface area contributed by atoms with Crippen LogP contribution in [0.2, 0.25) is 0 Å². The third-order valence-electron chi connectivity index (χ3n) is 17.4. The Kier molecular flexibility index (Phi) is 65.7. The number of nitrogens with zero attached hydrogens (tertiary/aromatic N) is 8. The van der Waals surface area contributed by atoms with Crippen LogP contribution in [0.5, 0.6) is 0 Å². The van der Waals surface area contributed by atoms with Gasteiger partial charge in [0.25, 0.3) is 0 Å². The van der Waals surface area contributed by atoms with Crippen molar-refractivity contribution in [2.75, 3.05) is 0 Å². The van der Waals surface area contributed by atoms with Crippen molar-refractivity contribution in [1.82, 2.24) is 0 Å². The van der Waals surface area contributed by atoms with Gasteiger partial charge < -0.3 is 41.7 Å². The SMILES string of the molecule is C.C.C.C.C.C.C.Cc1ccc2c(c1)C=CC(=O)C2=NO.Cc1ccc2c(c1)C=CC(=O)C2=NO.Cc1ccc2c(c1)C=CC(=O)C2=NO.Cc1ccc2c(c1)C=CC(=O)C2=NO.Cc1ccc2c(c1)C=CC(=O)C2=NO.Cc1ccc2c(c1)C=CC(=O)C2=NO.Cc1ccc2c(c1)C=CC(=O)C2=NO.O=C1C=Cc2ccccc2C1=NO.[Fe].[Fe].[Fe].[Fe].[Fe].[Fe].[Fe].[Fe].[Na+]. The number of benzene rings is 8. The maximum absolute atomic E-state index is 11.3. The summed E-state index contributed by atoms with van der Waals surface area (Å²) >= 11 is 0. The molecular formula is C94H98Fe8N8NaO16+. The minimum atomic E-state index is -0.263. The van der Waals surface area contributed by atoms with Crippen LogP contribution in [0.15, 0.2) is 242 Å². The first-order valence-corrected chi connectivity index (χ1v) is 33.8. The van der Waals surface area contributed by atoms with Gasteiger partial charge in [-0.05, 0) is 142 Å². The van der Waals surface area contributed by atoms with E-state index in [2.05, 4.69) is 41.2 Å². The first-order valence-electron chi connectivity index (χ1n) is 33.8. The number of aryl methyl sites for hydroxylation is 7. The number of hydrogen-bond donors (Lipinski definition) is 8. The van der Waals surface area contributed by atoms with Crippen LogP contribution >= 0.6 is 0 Å². The van der Waals surface area contributed by atoms with E-state index in [-0.39, 0.29) is 310 Å². The smallest absolute Gasteiger partial charge is 0.410 e. The summed E-state index contributed by atoms with van der Waals surface area (Å²) in [6.07, 6.45) is 25.2. The zero-order valence-corrected chi connectivity index (χ0v) is 75.3. The molecule has 16 rings (SSSR count). The third-order valence-corrected chi connectivity index (χ3v) is 17.4. The number of oxime groups is 8. The molecule has 0 saturated carbocycles. The van der Waals surface area contributed by atoms with Crippen LogP contribution < -0.4 is 29.6 Å². The molecule has 0 saturated heterocycles. The van der Waals surface area contributed by atoms with E-state index >= 15 is 0 Å². The fraction of sp³-hybridized carbons (Fsp3) is 0.149.